The van der Waals surface area contributed by atoms with Crippen LogP contribution in [0.1, 0.15) is 37.0 Å². The molecule has 2 rings (SSSR count). The number of halogens is 1. The summed E-state index contributed by atoms with van der Waals surface area (Å²) in [6.07, 6.45) is 7.13. The molecule has 0 radical (unpaired) electrons. The third-order valence-corrected chi connectivity index (χ3v) is 5.32. The number of rotatable bonds is 9. The summed E-state index contributed by atoms with van der Waals surface area (Å²) in [7, 11) is 3.50. The molecule has 6 nitrogen and oxygen atoms in total. The number of hydrogen-bond acceptors (Lipinski definition) is 4. The van der Waals surface area contributed by atoms with Crippen molar-refractivity contribution >= 4 is 47.2 Å². The molecule has 154 valence electrons. The zero-order chi connectivity index (χ0) is 18.6. The summed E-state index contributed by atoms with van der Waals surface area (Å²) in [5, 5.41) is 8.77. The van der Waals surface area contributed by atoms with E-state index in [4.69, 9.17) is 4.74 Å². The molecule has 0 bridgehead atoms. The van der Waals surface area contributed by atoms with Crippen LogP contribution in [0.5, 0.6) is 0 Å². The number of aliphatic imine (C=N–C) groups is 1. The van der Waals surface area contributed by atoms with E-state index in [0.717, 1.165) is 39.0 Å². The Kier molecular flexibility index (Phi) is 12.7. The van der Waals surface area contributed by atoms with Crippen LogP contribution >= 0.6 is 35.3 Å². The Balaban J connectivity index is 0.00000364. The fourth-order valence-electron chi connectivity index (χ4n) is 2.79. The largest absolute Gasteiger partial charge is 0.378 e. The SMILES string of the molecule is CN(C)C(=O)CN=C(NCCCC1CCCCO1)NCCc1cccs1.I. The van der Waals surface area contributed by atoms with E-state index in [9.17, 15) is 4.79 Å². The van der Waals surface area contributed by atoms with Gasteiger partial charge >= 0.3 is 0 Å². The van der Waals surface area contributed by atoms with Crippen molar-refractivity contribution in [2.24, 2.45) is 4.99 Å². The van der Waals surface area contributed by atoms with E-state index >= 15 is 0 Å². The molecule has 1 atom stereocenters. The van der Waals surface area contributed by atoms with Crippen LogP contribution in [-0.2, 0) is 16.0 Å². The number of ether oxygens (including phenoxy) is 1. The van der Waals surface area contributed by atoms with E-state index in [2.05, 4.69) is 33.1 Å². The second kappa shape index (κ2) is 14.2. The molecule has 1 unspecified atom stereocenters. The summed E-state index contributed by atoms with van der Waals surface area (Å²) in [6, 6.07) is 4.20. The summed E-state index contributed by atoms with van der Waals surface area (Å²) in [5.74, 6) is 0.710. The molecule has 0 spiro atoms. The Morgan fingerprint density at radius 3 is 2.81 bits per heavy atom. The molecule has 1 aliphatic rings. The normalized spacial score (nSPS) is 17.1. The Morgan fingerprint density at radius 2 is 2.15 bits per heavy atom. The summed E-state index contributed by atoms with van der Waals surface area (Å²) in [4.78, 5) is 19.1. The van der Waals surface area contributed by atoms with Gasteiger partial charge in [0.15, 0.2) is 5.96 Å². The van der Waals surface area contributed by atoms with Crippen LogP contribution in [-0.4, -0.2) is 63.2 Å². The number of hydrogen-bond donors (Lipinski definition) is 2. The number of carbonyl (C=O) groups is 1. The van der Waals surface area contributed by atoms with Crippen molar-refractivity contribution < 1.29 is 9.53 Å². The molecule has 1 amide bonds. The molecule has 1 aliphatic heterocycles. The zero-order valence-electron chi connectivity index (χ0n) is 16.4. The fourth-order valence-corrected chi connectivity index (χ4v) is 3.50. The van der Waals surface area contributed by atoms with Gasteiger partial charge in [-0.3, -0.25) is 4.79 Å². The van der Waals surface area contributed by atoms with Crippen LogP contribution in [0.25, 0.3) is 0 Å². The van der Waals surface area contributed by atoms with Crippen molar-refractivity contribution in [1.29, 1.82) is 0 Å². The van der Waals surface area contributed by atoms with E-state index in [1.54, 1.807) is 30.3 Å². The van der Waals surface area contributed by atoms with Gasteiger partial charge in [-0.05, 0) is 50.0 Å². The van der Waals surface area contributed by atoms with Gasteiger partial charge in [-0.25, -0.2) is 4.99 Å². The summed E-state index contributed by atoms with van der Waals surface area (Å²) >= 11 is 1.76. The van der Waals surface area contributed by atoms with Crippen molar-refractivity contribution in [3.8, 4) is 0 Å². The molecular weight excluding hydrogens is 475 g/mol. The minimum Gasteiger partial charge on any atom is -0.378 e. The highest BCUT2D eigenvalue weighted by Gasteiger charge is 2.13. The van der Waals surface area contributed by atoms with Gasteiger partial charge in [0, 0.05) is 38.7 Å². The molecule has 0 saturated carbocycles. The molecular formula is C19H33IN4O2S. The van der Waals surface area contributed by atoms with Gasteiger partial charge in [0.1, 0.15) is 6.54 Å². The van der Waals surface area contributed by atoms with Gasteiger partial charge in [-0.2, -0.15) is 0 Å². The first-order chi connectivity index (χ1) is 12.6. The average Bonchev–Trinajstić information content (AvgIpc) is 3.16. The Morgan fingerprint density at radius 1 is 1.33 bits per heavy atom. The lowest BCUT2D eigenvalue weighted by molar-refractivity contribution is -0.127. The molecule has 0 aromatic carbocycles. The predicted molar refractivity (Wildman–Crippen MR) is 123 cm³/mol. The van der Waals surface area contributed by atoms with E-state index in [1.807, 2.05) is 0 Å². The third-order valence-electron chi connectivity index (χ3n) is 4.38. The van der Waals surface area contributed by atoms with Gasteiger partial charge < -0.3 is 20.3 Å². The van der Waals surface area contributed by atoms with Gasteiger partial charge in [-0.15, -0.1) is 35.3 Å². The smallest absolute Gasteiger partial charge is 0.243 e. The van der Waals surface area contributed by atoms with Crippen molar-refractivity contribution in [2.75, 3.05) is 40.3 Å². The quantitative estimate of drug-likeness (QED) is 0.233. The van der Waals surface area contributed by atoms with Gasteiger partial charge in [0.05, 0.1) is 6.10 Å². The van der Waals surface area contributed by atoms with Crippen LogP contribution in [0, 0.1) is 0 Å². The number of thiophene rings is 1. The van der Waals surface area contributed by atoms with Crippen LogP contribution < -0.4 is 10.6 Å². The molecule has 27 heavy (non-hydrogen) atoms. The highest BCUT2D eigenvalue weighted by atomic mass is 127. The number of nitrogens with zero attached hydrogens (tertiary/aromatic N) is 2. The number of nitrogens with one attached hydrogen (secondary N) is 2. The van der Waals surface area contributed by atoms with Crippen LogP contribution in [0.4, 0.5) is 0 Å². The highest BCUT2D eigenvalue weighted by molar-refractivity contribution is 14.0. The first kappa shape index (κ1) is 24.2. The van der Waals surface area contributed by atoms with Crippen LogP contribution in [0.2, 0.25) is 0 Å². The maximum Gasteiger partial charge on any atom is 0.243 e. The van der Waals surface area contributed by atoms with Crippen molar-refractivity contribution in [3.05, 3.63) is 22.4 Å². The van der Waals surface area contributed by atoms with Crippen LogP contribution in [0.3, 0.4) is 0 Å². The van der Waals surface area contributed by atoms with Gasteiger partial charge in [0.2, 0.25) is 5.91 Å². The lowest BCUT2D eigenvalue weighted by Gasteiger charge is -2.22. The van der Waals surface area contributed by atoms with Crippen molar-refractivity contribution in [2.45, 2.75) is 44.6 Å². The Bertz CT molecular complexity index is 546. The summed E-state index contributed by atoms with van der Waals surface area (Å²) in [5.41, 5.74) is 0. The van der Waals surface area contributed by atoms with E-state index in [-0.39, 0.29) is 36.4 Å². The van der Waals surface area contributed by atoms with Gasteiger partial charge in [0.25, 0.3) is 0 Å². The second-order valence-electron chi connectivity index (χ2n) is 6.77. The molecule has 1 fully saturated rings. The van der Waals surface area contributed by atoms with Crippen molar-refractivity contribution in [1.82, 2.24) is 15.5 Å². The molecule has 1 aromatic heterocycles. The predicted octanol–water partition coefficient (Wildman–Crippen LogP) is 2.88. The first-order valence-electron chi connectivity index (χ1n) is 9.51. The molecule has 8 heteroatoms. The molecule has 1 saturated heterocycles. The lowest BCUT2D eigenvalue weighted by Crippen LogP contribution is -2.40. The third kappa shape index (κ3) is 10.3. The topological polar surface area (TPSA) is 66.0 Å². The highest BCUT2D eigenvalue weighted by Crippen LogP contribution is 2.16. The standard InChI is InChI=1S/C19H32N4O2S.HI/c1-23(2)18(24)15-22-19(21-12-10-17-9-6-14-26-17)20-11-5-8-16-7-3-4-13-25-16;/h6,9,14,16H,3-5,7-8,10-13,15H2,1-2H3,(H2,20,21,22);1H. The fraction of sp³-hybridized carbons (Fsp3) is 0.684. The lowest BCUT2D eigenvalue weighted by atomic mass is 10.0. The molecule has 2 heterocycles. The minimum atomic E-state index is -0.0000348. The van der Waals surface area contributed by atoms with Crippen molar-refractivity contribution in [3.63, 3.8) is 0 Å². The maximum atomic E-state index is 11.8. The number of likely N-dealkylation sites (N-methyl/N-ethyl adjacent to an activating group) is 1. The van der Waals surface area contributed by atoms with Crippen LogP contribution in [0.15, 0.2) is 22.5 Å². The summed E-state index contributed by atoms with van der Waals surface area (Å²) in [6.45, 7) is 2.70. The van der Waals surface area contributed by atoms with E-state index in [0.29, 0.717) is 12.1 Å². The molecule has 2 N–H and O–H groups in total. The molecule has 0 aliphatic carbocycles. The Hall–Kier alpha value is -0.870. The van der Waals surface area contributed by atoms with E-state index in [1.165, 1.54) is 24.1 Å². The zero-order valence-corrected chi connectivity index (χ0v) is 19.6. The monoisotopic (exact) mass is 508 g/mol. The Labute approximate surface area is 184 Å². The first-order valence-corrected chi connectivity index (χ1v) is 10.4. The molecule has 1 aromatic rings. The second-order valence-corrected chi connectivity index (χ2v) is 7.80. The number of amides is 1. The maximum absolute atomic E-state index is 11.8. The number of guanidine groups is 1. The minimum absolute atomic E-state index is 0. The van der Waals surface area contributed by atoms with Gasteiger partial charge in [-0.1, -0.05) is 6.07 Å². The van der Waals surface area contributed by atoms with E-state index < -0.39 is 0 Å². The average molecular weight is 508 g/mol. The number of carbonyl (C=O) groups excluding carboxylic acids is 1. The summed E-state index contributed by atoms with van der Waals surface area (Å²) < 4.78 is 5.77.